The Morgan fingerprint density at radius 1 is 1.62 bits per heavy atom. The fourth-order valence-electron chi connectivity index (χ4n) is 0.801. The third-order valence-corrected chi connectivity index (χ3v) is 1.30. The lowest BCUT2D eigenvalue weighted by Gasteiger charge is -1.89. The molecule has 0 unspecified atom stereocenters. The molecule has 13 heavy (non-hydrogen) atoms. The average molecular weight is 181 g/mol. The maximum Gasteiger partial charge on any atom is 0.417 e. The van der Waals surface area contributed by atoms with Crippen molar-refractivity contribution in [2.75, 3.05) is 6.61 Å². The summed E-state index contributed by atoms with van der Waals surface area (Å²) in [5, 5.41) is 9.89. The highest BCUT2D eigenvalue weighted by molar-refractivity contribution is 5.39. The second kappa shape index (κ2) is 3.21. The average Bonchev–Trinajstić information content (AvgIpc) is 2.70. The predicted molar refractivity (Wildman–Crippen MR) is 40.8 cm³/mol. The number of nitrogens with zero attached hydrogens (tertiary/aromatic N) is 4. The van der Waals surface area contributed by atoms with E-state index in [-0.39, 0.29) is 6.08 Å². The van der Waals surface area contributed by atoms with E-state index in [1.807, 2.05) is 6.92 Å². The van der Waals surface area contributed by atoms with E-state index in [1.54, 1.807) is 0 Å². The molecule has 7 nitrogen and oxygen atoms in total. The molecule has 0 aromatic carbocycles. The molecule has 2 rings (SSSR count). The highest BCUT2D eigenvalue weighted by atomic mass is 16.6. The van der Waals surface area contributed by atoms with Crippen LogP contribution in [0.1, 0.15) is 6.92 Å². The van der Waals surface area contributed by atoms with Crippen molar-refractivity contribution in [3.05, 3.63) is 6.33 Å². The Labute approximate surface area is 73.1 Å². The van der Waals surface area contributed by atoms with Crippen LogP contribution in [0.4, 0.5) is 0 Å². The van der Waals surface area contributed by atoms with Gasteiger partial charge in [-0.1, -0.05) is 0 Å². The topological polar surface area (TPSA) is 89.7 Å². The van der Waals surface area contributed by atoms with E-state index in [0.29, 0.717) is 18.3 Å². The van der Waals surface area contributed by atoms with Gasteiger partial charge in [-0.3, -0.25) is 9.62 Å². The molecule has 68 valence electrons. The molecule has 0 amide bonds. The summed E-state index contributed by atoms with van der Waals surface area (Å²) in [7, 11) is 0. The molecule has 2 aromatic heterocycles. The minimum absolute atomic E-state index is 0.133. The molecule has 0 spiro atoms. The summed E-state index contributed by atoms with van der Waals surface area (Å²) in [6.07, 6.45) is 1.50. The molecule has 0 aliphatic heterocycles. The van der Waals surface area contributed by atoms with Gasteiger partial charge in [-0.05, 0) is 12.1 Å². The van der Waals surface area contributed by atoms with Crippen molar-refractivity contribution in [3.8, 4) is 17.7 Å². The van der Waals surface area contributed by atoms with Crippen LogP contribution in [0.25, 0.3) is 11.6 Å². The summed E-state index contributed by atoms with van der Waals surface area (Å²) in [6, 6.07) is 0. The number of rotatable bonds is 3. The van der Waals surface area contributed by atoms with Crippen LogP contribution in [0.2, 0.25) is 0 Å². The monoisotopic (exact) mass is 181 g/mol. The summed E-state index contributed by atoms with van der Waals surface area (Å²) in [6.45, 7) is 2.32. The predicted octanol–water partition coefficient (Wildman–Crippen LogP) is 0.253. The smallest absolute Gasteiger partial charge is 0.417 e. The minimum Gasteiger partial charge on any atom is -0.449 e. The molecule has 2 aromatic rings. The second-order valence-electron chi connectivity index (χ2n) is 2.15. The van der Waals surface area contributed by atoms with Crippen molar-refractivity contribution in [2.24, 2.45) is 0 Å². The highest BCUT2D eigenvalue weighted by Gasteiger charge is 2.10. The number of H-pyrrole nitrogens is 1. The van der Waals surface area contributed by atoms with E-state index in [4.69, 9.17) is 9.26 Å². The Morgan fingerprint density at radius 2 is 2.54 bits per heavy atom. The van der Waals surface area contributed by atoms with Gasteiger partial charge in [-0.25, -0.2) is 4.98 Å². The van der Waals surface area contributed by atoms with Crippen LogP contribution >= 0.6 is 0 Å². The van der Waals surface area contributed by atoms with E-state index in [2.05, 4.69) is 25.3 Å². The van der Waals surface area contributed by atoms with Crippen LogP contribution in [0, 0.1) is 0 Å². The molecular formula is C6H7N5O2. The first-order chi connectivity index (χ1) is 6.40. The first kappa shape index (κ1) is 7.71. The maximum atomic E-state index is 4.98. The minimum atomic E-state index is 0.133. The van der Waals surface area contributed by atoms with Gasteiger partial charge in [-0.15, -0.1) is 4.98 Å². The summed E-state index contributed by atoms with van der Waals surface area (Å²) < 4.78 is 9.74. The number of ether oxygens (including phenoxy) is 1. The van der Waals surface area contributed by atoms with Crippen molar-refractivity contribution in [2.45, 2.75) is 6.92 Å². The van der Waals surface area contributed by atoms with E-state index < -0.39 is 0 Å². The molecule has 0 radical (unpaired) electrons. The van der Waals surface area contributed by atoms with Gasteiger partial charge in [0.25, 0.3) is 0 Å². The molecule has 0 bridgehead atoms. The molecule has 0 atom stereocenters. The lowest BCUT2D eigenvalue weighted by molar-refractivity contribution is 0.215. The second-order valence-corrected chi connectivity index (χ2v) is 2.15. The lowest BCUT2D eigenvalue weighted by atomic mass is 10.6. The number of nitrogens with one attached hydrogen (secondary N) is 1. The molecule has 7 heteroatoms. The summed E-state index contributed by atoms with van der Waals surface area (Å²) >= 11 is 0. The molecule has 2 heterocycles. The van der Waals surface area contributed by atoms with Gasteiger partial charge < -0.3 is 4.74 Å². The van der Waals surface area contributed by atoms with Gasteiger partial charge in [0.15, 0.2) is 5.82 Å². The third-order valence-electron chi connectivity index (χ3n) is 1.30. The number of hydrogen-bond acceptors (Lipinski definition) is 6. The largest absolute Gasteiger partial charge is 0.449 e. The fourth-order valence-corrected chi connectivity index (χ4v) is 0.801. The number of hydrogen-bond donors (Lipinski definition) is 1. The molecule has 0 aliphatic rings. The van der Waals surface area contributed by atoms with Crippen LogP contribution in [0.15, 0.2) is 10.9 Å². The van der Waals surface area contributed by atoms with Crippen LogP contribution in [0.5, 0.6) is 6.08 Å². The highest BCUT2D eigenvalue weighted by Crippen LogP contribution is 2.13. The van der Waals surface area contributed by atoms with Gasteiger partial charge in [-0.2, -0.15) is 5.10 Å². The molecule has 0 saturated carbocycles. The van der Waals surface area contributed by atoms with Crippen molar-refractivity contribution >= 4 is 0 Å². The van der Waals surface area contributed by atoms with Gasteiger partial charge in [0.1, 0.15) is 6.33 Å². The summed E-state index contributed by atoms with van der Waals surface area (Å²) in [5.74, 6) is 0.788. The van der Waals surface area contributed by atoms with E-state index in [9.17, 15) is 0 Å². The van der Waals surface area contributed by atoms with Crippen LogP contribution < -0.4 is 4.74 Å². The number of aromatic nitrogens is 5. The molecule has 0 fully saturated rings. The lowest BCUT2D eigenvalue weighted by Crippen LogP contribution is -1.91. The van der Waals surface area contributed by atoms with Crippen molar-refractivity contribution in [3.63, 3.8) is 0 Å². The van der Waals surface area contributed by atoms with Crippen molar-refractivity contribution in [1.82, 2.24) is 25.3 Å². The standard InChI is InChI=1S/C6H7N5O2/c1-2-12-6-9-5(11-13-6)4-7-3-8-10-4/h3H,2H2,1H3,(H,7,8,10). The Hall–Kier alpha value is -1.92. The van der Waals surface area contributed by atoms with Crippen LogP contribution in [-0.4, -0.2) is 31.9 Å². The van der Waals surface area contributed by atoms with Gasteiger partial charge in [0, 0.05) is 0 Å². The molecular weight excluding hydrogens is 174 g/mol. The fraction of sp³-hybridized carbons (Fsp3) is 0.333. The molecule has 0 saturated heterocycles. The number of aromatic amines is 1. The van der Waals surface area contributed by atoms with Crippen molar-refractivity contribution in [1.29, 1.82) is 0 Å². The Balaban J connectivity index is 2.23. The molecule has 1 N–H and O–H groups in total. The van der Waals surface area contributed by atoms with E-state index in [1.165, 1.54) is 6.33 Å². The Morgan fingerprint density at radius 3 is 3.23 bits per heavy atom. The Kier molecular flexibility index (Phi) is 1.91. The SMILES string of the molecule is CCOc1nc(-c2ncn[nH]2)no1. The first-order valence-corrected chi connectivity index (χ1v) is 3.72. The van der Waals surface area contributed by atoms with Crippen LogP contribution in [0.3, 0.4) is 0 Å². The normalized spacial score (nSPS) is 10.2. The van der Waals surface area contributed by atoms with Gasteiger partial charge in [0.2, 0.25) is 5.82 Å². The first-order valence-electron chi connectivity index (χ1n) is 3.72. The maximum absolute atomic E-state index is 4.98. The van der Waals surface area contributed by atoms with E-state index >= 15 is 0 Å². The zero-order valence-corrected chi connectivity index (χ0v) is 6.89. The zero-order valence-electron chi connectivity index (χ0n) is 6.89. The van der Waals surface area contributed by atoms with Crippen molar-refractivity contribution < 1.29 is 9.26 Å². The van der Waals surface area contributed by atoms with Crippen LogP contribution in [-0.2, 0) is 0 Å². The summed E-state index contributed by atoms with van der Waals surface area (Å²) in [4.78, 5) is 7.76. The zero-order chi connectivity index (χ0) is 9.10. The van der Waals surface area contributed by atoms with E-state index in [0.717, 1.165) is 0 Å². The van der Waals surface area contributed by atoms with Gasteiger partial charge >= 0.3 is 6.08 Å². The third kappa shape index (κ3) is 1.48. The Bertz CT molecular complexity index is 368. The van der Waals surface area contributed by atoms with Gasteiger partial charge in [0.05, 0.1) is 6.61 Å². The quantitative estimate of drug-likeness (QED) is 0.730. The summed E-state index contributed by atoms with van der Waals surface area (Å²) in [5.41, 5.74) is 0. The molecule has 0 aliphatic carbocycles.